The largest absolute Gasteiger partial charge is 0.416 e. The Kier molecular flexibility index (Phi) is 5.87. The Hall–Kier alpha value is -2.63. The lowest BCUT2D eigenvalue weighted by molar-refractivity contribution is -0.137. The van der Waals surface area contributed by atoms with Crippen molar-refractivity contribution >= 4 is 28.5 Å². The van der Waals surface area contributed by atoms with E-state index < -0.39 is 23.7 Å². The fraction of sp³-hybridized carbons (Fsp3) is 0.167. The van der Waals surface area contributed by atoms with Crippen LogP contribution in [0.25, 0.3) is 11.4 Å². The number of nitrogens with one attached hydrogen (secondary N) is 1. The molecule has 2 heterocycles. The third-order valence-electron chi connectivity index (χ3n) is 3.78. The van der Waals surface area contributed by atoms with Gasteiger partial charge >= 0.3 is 6.18 Å². The topological polar surface area (TPSA) is 80.7 Å². The molecule has 10 heteroatoms. The van der Waals surface area contributed by atoms with Crippen molar-refractivity contribution in [1.29, 1.82) is 0 Å². The number of carbonyl (C=O) groups excluding carboxylic acids is 1. The predicted octanol–water partition coefficient (Wildman–Crippen LogP) is 4.05. The van der Waals surface area contributed by atoms with Crippen molar-refractivity contribution in [2.45, 2.75) is 19.1 Å². The molecule has 0 radical (unpaired) electrons. The molecule has 1 amide bonds. The van der Waals surface area contributed by atoms with E-state index in [1.54, 1.807) is 29.5 Å². The van der Waals surface area contributed by atoms with Crippen LogP contribution in [-0.2, 0) is 6.18 Å². The molecule has 0 aliphatic carbocycles. The molecule has 6 nitrogen and oxygen atoms in total. The van der Waals surface area contributed by atoms with Gasteiger partial charge in [-0.3, -0.25) is 24.7 Å². The zero-order valence-electron chi connectivity index (χ0n) is 14.4. The summed E-state index contributed by atoms with van der Waals surface area (Å²) in [6.45, 7) is 1.67. The van der Waals surface area contributed by atoms with Crippen LogP contribution in [0.5, 0.6) is 0 Å². The molecule has 1 atom stereocenters. The molecule has 2 aromatic heterocycles. The lowest BCUT2D eigenvalue weighted by atomic mass is 10.1. The van der Waals surface area contributed by atoms with Gasteiger partial charge in [-0.15, -0.1) is 0 Å². The van der Waals surface area contributed by atoms with Crippen LogP contribution in [0.1, 0.15) is 34.6 Å². The van der Waals surface area contributed by atoms with Crippen LogP contribution in [0.2, 0.25) is 0 Å². The van der Waals surface area contributed by atoms with E-state index in [1.165, 1.54) is 37.1 Å². The number of hydrogen-bond donors (Lipinski definition) is 1. The second kappa shape index (κ2) is 8.17. The number of nitrogens with zero attached hydrogens (tertiary/aromatic N) is 4. The number of amides is 1. The zero-order valence-corrected chi connectivity index (χ0v) is 16.6. The third kappa shape index (κ3) is 4.61. The number of benzene rings is 1. The predicted molar refractivity (Wildman–Crippen MR) is 103 cm³/mol. The Bertz CT molecular complexity index is 998. The summed E-state index contributed by atoms with van der Waals surface area (Å²) < 4.78 is 39.3. The van der Waals surface area contributed by atoms with E-state index in [-0.39, 0.29) is 5.56 Å². The summed E-state index contributed by atoms with van der Waals surface area (Å²) in [5, 5.41) is 2.67. The van der Waals surface area contributed by atoms with Crippen LogP contribution in [0, 0.1) is 3.57 Å². The molecule has 1 N–H and O–H groups in total. The summed E-state index contributed by atoms with van der Waals surface area (Å²) in [5.41, 5.74) is 0.369. The number of carbonyl (C=O) groups is 1. The van der Waals surface area contributed by atoms with Gasteiger partial charge in [0.05, 0.1) is 23.5 Å². The average molecular weight is 499 g/mol. The second-order valence-corrected chi connectivity index (χ2v) is 7.05. The maximum absolute atomic E-state index is 13.0. The van der Waals surface area contributed by atoms with Gasteiger partial charge < -0.3 is 5.32 Å². The van der Waals surface area contributed by atoms with Crippen LogP contribution in [-0.4, -0.2) is 25.8 Å². The molecule has 1 aromatic carbocycles. The quantitative estimate of drug-likeness (QED) is 0.549. The number of aromatic nitrogens is 4. The Labute approximate surface area is 171 Å². The lowest BCUT2D eigenvalue weighted by Crippen LogP contribution is -2.28. The molecule has 0 saturated carbocycles. The molecule has 28 heavy (non-hydrogen) atoms. The lowest BCUT2D eigenvalue weighted by Gasteiger charge is -2.17. The Morgan fingerprint density at radius 1 is 1.07 bits per heavy atom. The van der Waals surface area contributed by atoms with E-state index in [0.717, 1.165) is 12.1 Å². The summed E-state index contributed by atoms with van der Waals surface area (Å²) in [6.07, 6.45) is 2.94. The van der Waals surface area contributed by atoms with Gasteiger partial charge in [-0.25, -0.2) is 0 Å². The van der Waals surface area contributed by atoms with Gasteiger partial charge in [0.1, 0.15) is 11.4 Å². The van der Waals surface area contributed by atoms with E-state index in [9.17, 15) is 18.0 Å². The monoisotopic (exact) mass is 499 g/mol. The van der Waals surface area contributed by atoms with Crippen molar-refractivity contribution < 1.29 is 18.0 Å². The highest BCUT2D eigenvalue weighted by Gasteiger charge is 2.32. The molecule has 0 saturated heterocycles. The first-order valence-corrected chi connectivity index (χ1v) is 9.09. The van der Waals surface area contributed by atoms with Crippen molar-refractivity contribution in [3.05, 3.63) is 69.6 Å². The fourth-order valence-corrected chi connectivity index (χ4v) is 3.19. The molecule has 0 unspecified atom stereocenters. The van der Waals surface area contributed by atoms with Crippen LogP contribution < -0.4 is 5.32 Å². The summed E-state index contributed by atoms with van der Waals surface area (Å²) in [7, 11) is 0. The van der Waals surface area contributed by atoms with Crippen LogP contribution in [0.3, 0.4) is 0 Å². The van der Waals surface area contributed by atoms with Gasteiger partial charge in [0, 0.05) is 33.9 Å². The maximum atomic E-state index is 13.0. The van der Waals surface area contributed by atoms with E-state index in [0.29, 0.717) is 20.7 Å². The standard InChI is InChI=1S/C18H13F3IN5O/c1-10(15-16(26-5-4-25-15)14-9-23-2-3-24-14)27-17(28)11-6-12(18(19,20)21)8-13(22)7-11/h2-10H,1H3,(H,27,28)/t10-/m0/s1. The molecule has 0 bridgehead atoms. The first-order chi connectivity index (χ1) is 13.3. The molecule has 0 aliphatic rings. The normalized spacial score (nSPS) is 12.5. The Morgan fingerprint density at radius 3 is 2.46 bits per heavy atom. The number of halogens is 4. The summed E-state index contributed by atoms with van der Waals surface area (Å²) in [6, 6.07) is 2.57. The van der Waals surface area contributed by atoms with E-state index in [1.807, 2.05) is 0 Å². The van der Waals surface area contributed by atoms with Crippen molar-refractivity contribution in [1.82, 2.24) is 25.3 Å². The summed E-state index contributed by atoms with van der Waals surface area (Å²) in [5.74, 6) is -0.646. The number of alkyl halides is 3. The third-order valence-corrected chi connectivity index (χ3v) is 4.40. The van der Waals surface area contributed by atoms with Gasteiger partial charge in [0.2, 0.25) is 0 Å². The van der Waals surface area contributed by atoms with Gasteiger partial charge in [0.15, 0.2) is 0 Å². The first kappa shape index (κ1) is 20.1. The van der Waals surface area contributed by atoms with Crippen molar-refractivity contribution in [2.24, 2.45) is 0 Å². The van der Waals surface area contributed by atoms with Crippen molar-refractivity contribution in [3.63, 3.8) is 0 Å². The Morgan fingerprint density at radius 2 is 1.79 bits per heavy atom. The molecule has 0 spiro atoms. The highest BCUT2D eigenvalue weighted by molar-refractivity contribution is 14.1. The van der Waals surface area contributed by atoms with E-state index in [2.05, 4.69) is 25.3 Å². The SMILES string of the molecule is C[C@H](NC(=O)c1cc(I)cc(C(F)(F)F)c1)c1nccnc1-c1cnccn1. The highest BCUT2D eigenvalue weighted by atomic mass is 127. The molecule has 3 aromatic rings. The minimum atomic E-state index is -4.54. The number of hydrogen-bond acceptors (Lipinski definition) is 5. The van der Waals surface area contributed by atoms with Crippen LogP contribution in [0.15, 0.2) is 49.2 Å². The summed E-state index contributed by atoms with van der Waals surface area (Å²) >= 11 is 1.75. The minimum absolute atomic E-state index is 0.0870. The Balaban J connectivity index is 1.88. The number of rotatable bonds is 4. The molecule has 0 aliphatic heterocycles. The zero-order chi connectivity index (χ0) is 20.3. The van der Waals surface area contributed by atoms with E-state index in [4.69, 9.17) is 0 Å². The fourth-order valence-electron chi connectivity index (χ4n) is 2.52. The van der Waals surface area contributed by atoms with Crippen LogP contribution in [0.4, 0.5) is 13.2 Å². The van der Waals surface area contributed by atoms with Crippen molar-refractivity contribution in [3.8, 4) is 11.4 Å². The van der Waals surface area contributed by atoms with Gasteiger partial charge in [0.25, 0.3) is 5.91 Å². The molecule has 144 valence electrons. The van der Waals surface area contributed by atoms with Gasteiger partial charge in [-0.05, 0) is 47.7 Å². The van der Waals surface area contributed by atoms with E-state index >= 15 is 0 Å². The maximum Gasteiger partial charge on any atom is 0.416 e. The minimum Gasteiger partial charge on any atom is -0.344 e. The molecular formula is C18H13F3IN5O. The summed E-state index contributed by atoms with van der Waals surface area (Å²) in [4.78, 5) is 29.2. The second-order valence-electron chi connectivity index (χ2n) is 5.80. The van der Waals surface area contributed by atoms with Crippen LogP contribution >= 0.6 is 22.6 Å². The smallest absolute Gasteiger partial charge is 0.344 e. The first-order valence-electron chi connectivity index (χ1n) is 8.01. The molecule has 0 fully saturated rings. The van der Waals surface area contributed by atoms with Gasteiger partial charge in [-0.2, -0.15) is 13.2 Å². The average Bonchev–Trinajstić information content (AvgIpc) is 2.67. The molecular weight excluding hydrogens is 486 g/mol. The van der Waals surface area contributed by atoms with Gasteiger partial charge in [-0.1, -0.05) is 0 Å². The van der Waals surface area contributed by atoms with Crippen molar-refractivity contribution in [2.75, 3.05) is 0 Å². The highest BCUT2D eigenvalue weighted by Crippen LogP contribution is 2.31. The molecule has 3 rings (SSSR count).